The van der Waals surface area contributed by atoms with Gasteiger partial charge in [-0.05, 0) is 42.8 Å². The maximum atomic E-state index is 13.4. The number of amides is 3. The van der Waals surface area contributed by atoms with E-state index < -0.39 is 41.4 Å². The Morgan fingerprint density at radius 3 is 2.61 bits per heavy atom. The molecule has 1 atom stereocenters. The first-order chi connectivity index (χ1) is 13.3. The summed E-state index contributed by atoms with van der Waals surface area (Å²) >= 11 is 0. The first kappa shape index (κ1) is 17.9. The minimum atomic E-state index is -1.41. The lowest BCUT2D eigenvalue weighted by Crippen LogP contribution is -2.41. The molecule has 0 bridgehead atoms. The number of carbonyl (C=O) groups excluding carboxylic acids is 3. The molecule has 7 nitrogen and oxygen atoms in total. The second-order valence-corrected chi connectivity index (χ2v) is 6.57. The molecule has 2 aromatic rings. The zero-order chi connectivity index (χ0) is 20.1. The number of halogens is 2. The molecule has 0 saturated carbocycles. The highest BCUT2D eigenvalue weighted by Crippen LogP contribution is 2.37. The number of Topliss-reactive ketones (excluding diaryl/α,β-unsaturated/α-hetero) is 1. The van der Waals surface area contributed by atoms with Gasteiger partial charge in [0.1, 0.15) is 5.54 Å². The first-order valence-electron chi connectivity index (χ1n) is 8.32. The average Bonchev–Trinajstić information content (AvgIpc) is 3.22. The van der Waals surface area contributed by atoms with Gasteiger partial charge in [0.05, 0.1) is 6.54 Å². The molecule has 1 fully saturated rings. The largest absolute Gasteiger partial charge is 0.454 e. The number of benzene rings is 2. The lowest BCUT2D eigenvalue weighted by Gasteiger charge is -2.22. The Labute approximate surface area is 157 Å². The van der Waals surface area contributed by atoms with Gasteiger partial charge in [0.2, 0.25) is 6.79 Å². The van der Waals surface area contributed by atoms with E-state index in [9.17, 15) is 23.2 Å². The van der Waals surface area contributed by atoms with Gasteiger partial charge in [0.25, 0.3) is 5.91 Å². The fourth-order valence-electron chi connectivity index (χ4n) is 3.15. The van der Waals surface area contributed by atoms with E-state index in [0.717, 1.165) is 23.1 Å². The number of ketones is 1. The van der Waals surface area contributed by atoms with E-state index in [-0.39, 0.29) is 12.4 Å². The SMILES string of the molecule is C[C@]1(c2ccc3c(c2)OCO3)NC(=O)N(CC(=O)c2ccc(F)c(F)c2)C1=O. The van der Waals surface area contributed by atoms with Gasteiger partial charge in [0.15, 0.2) is 28.9 Å². The van der Waals surface area contributed by atoms with Crippen LogP contribution in [0.1, 0.15) is 22.8 Å². The maximum Gasteiger partial charge on any atom is 0.325 e. The van der Waals surface area contributed by atoms with Crippen LogP contribution >= 0.6 is 0 Å². The van der Waals surface area contributed by atoms with E-state index in [1.165, 1.54) is 6.92 Å². The van der Waals surface area contributed by atoms with E-state index >= 15 is 0 Å². The van der Waals surface area contributed by atoms with E-state index in [2.05, 4.69) is 5.32 Å². The third-order valence-corrected chi connectivity index (χ3v) is 4.77. The highest BCUT2D eigenvalue weighted by atomic mass is 19.2. The molecule has 2 aliphatic heterocycles. The lowest BCUT2D eigenvalue weighted by molar-refractivity contribution is -0.130. The van der Waals surface area contributed by atoms with Gasteiger partial charge < -0.3 is 14.8 Å². The summed E-state index contributed by atoms with van der Waals surface area (Å²) in [6.07, 6.45) is 0. The van der Waals surface area contributed by atoms with Gasteiger partial charge in [-0.15, -0.1) is 0 Å². The number of hydrogen-bond acceptors (Lipinski definition) is 5. The van der Waals surface area contributed by atoms with Gasteiger partial charge >= 0.3 is 6.03 Å². The molecule has 28 heavy (non-hydrogen) atoms. The molecule has 2 aliphatic rings. The Bertz CT molecular complexity index is 1030. The fraction of sp³-hybridized carbons (Fsp3) is 0.211. The van der Waals surface area contributed by atoms with Crippen molar-refractivity contribution in [3.8, 4) is 11.5 Å². The van der Waals surface area contributed by atoms with Crippen LogP contribution in [-0.2, 0) is 10.3 Å². The maximum absolute atomic E-state index is 13.4. The van der Waals surface area contributed by atoms with Crippen LogP contribution in [0.4, 0.5) is 13.6 Å². The number of nitrogens with one attached hydrogen (secondary N) is 1. The minimum absolute atomic E-state index is 0.0602. The highest BCUT2D eigenvalue weighted by Gasteiger charge is 2.49. The predicted molar refractivity (Wildman–Crippen MR) is 90.9 cm³/mol. The van der Waals surface area contributed by atoms with Crippen LogP contribution in [0.25, 0.3) is 0 Å². The first-order valence-corrected chi connectivity index (χ1v) is 8.32. The summed E-state index contributed by atoms with van der Waals surface area (Å²) in [6.45, 7) is 0.966. The summed E-state index contributed by atoms with van der Waals surface area (Å²) in [5.41, 5.74) is -1.10. The summed E-state index contributed by atoms with van der Waals surface area (Å²) < 4.78 is 36.9. The summed E-state index contributed by atoms with van der Waals surface area (Å²) in [5.74, 6) is -2.66. The zero-order valence-electron chi connectivity index (χ0n) is 14.6. The molecule has 0 aliphatic carbocycles. The molecule has 4 rings (SSSR count). The van der Waals surface area contributed by atoms with E-state index in [4.69, 9.17) is 9.47 Å². The van der Waals surface area contributed by atoms with Crippen LogP contribution in [0.3, 0.4) is 0 Å². The Balaban J connectivity index is 1.58. The number of imide groups is 1. The molecule has 1 N–H and O–H groups in total. The van der Waals surface area contributed by atoms with Crippen molar-refractivity contribution in [1.29, 1.82) is 0 Å². The van der Waals surface area contributed by atoms with Gasteiger partial charge in [-0.1, -0.05) is 6.07 Å². The second kappa shape index (κ2) is 6.29. The standard InChI is InChI=1S/C19H14F2N2O5/c1-19(11-3-5-15-16(7-11)28-9-27-15)17(25)23(18(26)22-19)8-14(24)10-2-4-12(20)13(21)6-10/h2-7H,8-9H2,1H3,(H,22,26)/t19-/m1/s1. The lowest BCUT2D eigenvalue weighted by atomic mass is 9.91. The summed E-state index contributed by atoms with van der Waals surface area (Å²) in [5, 5.41) is 2.57. The van der Waals surface area contributed by atoms with Crippen LogP contribution in [0.5, 0.6) is 11.5 Å². The summed E-state index contributed by atoms with van der Waals surface area (Å²) in [4.78, 5) is 38.4. The molecule has 0 radical (unpaired) electrons. The molecule has 1 saturated heterocycles. The van der Waals surface area contributed by atoms with Gasteiger partial charge in [0, 0.05) is 5.56 Å². The van der Waals surface area contributed by atoms with E-state index in [1.807, 2.05) is 0 Å². The molecule has 9 heteroatoms. The van der Waals surface area contributed by atoms with Crippen molar-refractivity contribution in [3.05, 3.63) is 59.2 Å². The Morgan fingerprint density at radius 1 is 1.11 bits per heavy atom. The van der Waals surface area contributed by atoms with Crippen molar-refractivity contribution in [2.24, 2.45) is 0 Å². The molecule has 0 spiro atoms. The monoisotopic (exact) mass is 388 g/mol. The summed E-state index contributed by atoms with van der Waals surface area (Å²) in [7, 11) is 0. The van der Waals surface area contributed by atoms with Crippen LogP contribution in [-0.4, -0.2) is 36.0 Å². The third-order valence-electron chi connectivity index (χ3n) is 4.77. The molecule has 3 amide bonds. The topological polar surface area (TPSA) is 84.9 Å². The zero-order valence-corrected chi connectivity index (χ0v) is 14.6. The minimum Gasteiger partial charge on any atom is -0.454 e. The Morgan fingerprint density at radius 2 is 1.86 bits per heavy atom. The van der Waals surface area contributed by atoms with Crippen molar-refractivity contribution < 1.29 is 32.6 Å². The smallest absolute Gasteiger partial charge is 0.325 e. The number of rotatable bonds is 4. The van der Waals surface area contributed by atoms with E-state index in [0.29, 0.717) is 17.1 Å². The average molecular weight is 388 g/mol. The van der Waals surface area contributed by atoms with Crippen molar-refractivity contribution in [1.82, 2.24) is 10.2 Å². The molecular weight excluding hydrogens is 374 g/mol. The van der Waals surface area contributed by atoms with Crippen molar-refractivity contribution >= 4 is 17.7 Å². The van der Waals surface area contributed by atoms with Crippen molar-refractivity contribution in [2.45, 2.75) is 12.5 Å². The second-order valence-electron chi connectivity index (χ2n) is 6.57. The number of ether oxygens (including phenoxy) is 2. The molecule has 0 aromatic heterocycles. The Hall–Kier alpha value is -3.49. The molecule has 2 aromatic carbocycles. The van der Waals surface area contributed by atoms with Crippen LogP contribution in [0.2, 0.25) is 0 Å². The Kier molecular flexibility index (Phi) is 4.02. The number of hydrogen-bond donors (Lipinski definition) is 1. The van der Waals surface area contributed by atoms with Crippen LogP contribution in [0, 0.1) is 11.6 Å². The summed E-state index contributed by atoms with van der Waals surface area (Å²) in [6, 6.07) is 6.70. The molecule has 0 unspecified atom stereocenters. The number of carbonyl (C=O) groups is 3. The van der Waals surface area contributed by atoms with Crippen molar-refractivity contribution in [2.75, 3.05) is 13.3 Å². The number of fused-ring (bicyclic) bond motifs is 1. The van der Waals surface area contributed by atoms with Gasteiger partial charge in [-0.3, -0.25) is 14.5 Å². The quantitative estimate of drug-likeness (QED) is 0.642. The van der Waals surface area contributed by atoms with Gasteiger partial charge in [-0.2, -0.15) is 0 Å². The molecule has 2 heterocycles. The van der Waals surface area contributed by atoms with Crippen LogP contribution < -0.4 is 14.8 Å². The highest BCUT2D eigenvalue weighted by molar-refractivity contribution is 6.11. The number of urea groups is 1. The van der Waals surface area contributed by atoms with E-state index in [1.54, 1.807) is 18.2 Å². The van der Waals surface area contributed by atoms with Crippen molar-refractivity contribution in [3.63, 3.8) is 0 Å². The third kappa shape index (κ3) is 2.75. The molecule has 144 valence electrons. The van der Waals surface area contributed by atoms with Gasteiger partial charge in [-0.25, -0.2) is 13.6 Å². The fourth-order valence-corrected chi connectivity index (χ4v) is 3.15. The predicted octanol–water partition coefficient (Wildman–Crippen LogP) is 2.34. The van der Waals surface area contributed by atoms with Crippen LogP contribution in [0.15, 0.2) is 36.4 Å². The number of nitrogens with zero attached hydrogens (tertiary/aromatic N) is 1. The molecular formula is C19H14F2N2O5. The normalized spacial score (nSPS) is 20.5.